The summed E-state index contributed by atoms with van der Waals surface area (Å²) in [4.78, 5) is 0. The summed E-state index contributed by atoms with van der Waals surface area (Å²) in [5, 5.41) is 17.2. The molecule has 0 bridgehead atoms. The van der Waals surface area contributed by atoms with Crippen molar-refractivity contribution in [2.24, 2.45) is 0 Å². The Morgan fingerprint density at radius 3 is 2.52 bits per heavy atom. The van der Waals surface area contributed by atoms with Gasteiger partial charge in [-0.05, 0) is 37.6 Å². The molecule has 3 aromatic rings. The zero-order valence-electron chi connectivity index (χ0n) is 12.9. The third kappa shape index (κ3) is 2.27. The summed E-state index contributed by atoms with van der Waals surface area (Å²) in [6.07, 6.45) is 0.981. The molecule has 1 aliphatic rings. The van der Waals surface area contributed by atoms with Gasteiger partial charge in [0, 0.05) is 17.7 Å². The number of nitrogens with one attached hydrogen (secondary N) is 1. The van der Waals surface area contributed by atoms with Crippen LogP contribution in [0.4, 0.5) is 5.82 Å². The van der Waals surface area contributed by atoms with Crippen LogP contribution in [-0.4, -0.2) is 16.3 Å². The van der Waals surface area contributed by atoms with Gasteiger partial charge in [0.1, 0.15) is 5.82 Å². The number of nitriles is 1. The minimum absolute atomic E-state index is 0.657. The molecule has 4 heteroatoms. The van der Waals surface area contributed by atoms with E-state index in [-0.39, 0.29) is 0 Å². The van der Waals surface area contributed by atoms with E-state index in [2.05, 4.69) is 42.6 Å². The zero-order valence-corrected chi connectivity index (χ0v) is 12.9. The molecule has 0 saturated heterocycles. The van der Waals surface area contributed by atoms with E-state index in [0.717, 1.165) is 35.7 Å². The van der Waals surface area contributed by atoms with Crippen molar-refractivity contribution in [3.05, 3.63) is 65.2 Å². The summed E-state index contributed by atoms with van der Waals surface area (Å²) in [5.74, 6) is 1.06. The SMILES string of the molecule is Cc1ccc(-c2nn(-c3ccc(C#N)cc3)c3c2CCN3)cc1. The van der Waals surface area contributed by atoms with Gasteiger partial charge in [-0.25, -0.2) is 4.68 Å². The molecule has 0 radical (unpaired) electrons. The first kappa shape index (κ1) is 13.6. The van der Waals surface area contributed by atoms with Gasteiger partial charge in [0.2, 0.25) is 0 Å². The fourth-order valence-corrected chi connectivity index (χ4v) is 2.98. The molecule has 0 spiro atoms. The van der Waals surface area contributed by atoms with Crippen LogP contribution >= 0.6 is 0 Å². The molecule has 112 valence electrons. The van der Waals surface area contributed by atoms with Crippen molar-refractivity contribution in [1.29, 1.82) is 5.26 Å². The van der Waals surface area contributed by atoms with Gasteiger partial charge in [0.15, 0.2) is 0 Å². The number of hydrogen-bond acceptors (Lipinski definition) is 3. The fraction of sp³-hybridized carbons (Fsp3) is 0.158. The summed E-state index contributed by atoms with van der Waals surface area (Å²) >= 11 is 0. The maximum atomic E-state index is 8.94. The Labute approximate surface area is 135 Å². The quantitative estimate of drug-likeness (QED) is 0.785. The second kappa shape index (κ2) is 5.29. The number of rotatable bonds is 2. The zero-order chi connectivity index (χ0) is 15.8. The van der Waals surface area contributed by atoms with E-state index >= 15 is 0 Å². The molecule has 0 fully saturated rings. The summed E-state index contributed by atoms with van der Waals surface area (Å²) in [7, 11) is 0. The van der Waals surface area contributed by atoms with Crippen molar-refractivity contribution in [2.75, 3.05) is 11.9 Å². The van der Waals surface area contributed by atoms with Crippen molar-refractivity contribution in [3.8, 4) is 23.0 Å². The molecule has 0 unspecified atom stereocenters. The lowest BCUT2D eigenvalue weighted by Gasteiger charge is -2.06. The van der Waals surface area contributed by atoms with Gasteiger partial charge in [0.25, 0.3) is 0 Å². The van der Waals surface area contributed by atoms with Crippen molar-refractivity contribution in [2.45, 2.75) is 13.3 Å². The predicted molar refractivity (Wildman–Crippen MR) is 90.6 cm³/mol. The normalized spacial score (nSPS) is 12.5. The van der Waals surface area contributed by atoms with Crippen molar-refractivity contribution < 1.29 is 0 Å². The standard InChI is InChI=1S/C19H16N4/c1-13-2-6-15(7-3-13)18-17-10-11-21-19(17)23(22-18)16-8-4-14(12-20)5-9-16/h2-9,21H,10-11H2,1H3. The molecule has 1 aliphatic heterocycles. The van der Waals surface area contributed by atoms with E-state index in [1.165, 1.54) is 11.1 Å². The largest absolute Gasteiger partial charge is 0.369 e. The Bertz CT molecular complexity index is 896. The van der Waals surface area contributed by atoms with Gasteiger partial charge < -0.3 is 5.32 Å². The first-order valence-corrected chi connectivity index (χ1v) is 7.69. The smallest absolute Gasteiger partial charge is 0.133 e. The average molecular weight is 300 g/mol. The summed E-state index contributed by atoms with van der Waals surface area (Å²) < 4.78 is 1.94. The number of aryl methyl sites for hydroxylation is 1. The molecular weight excluding hydrogens is 284 g/mol. The number of aromatic nitrogens is 2. The Balaban J connectivity index is 1.84. The van der Waals surface area contributed by atoms with Crippen LogP contribution in [0.25, 0.3) is 16.9 Å². The Morgan fingerprint density at radius 2 is 1.83 bits per heavy atom. The van der Waals surface area contributed by atoms with Crippen LogP contribution < -0.4 is 5.32 Å². The van der Waals surface area contributed by atoms with Crippen molar-refractivity contribution in [1.82, 2.24) is 9.78 Å². The maximum absolute atomic E-state index is 8.94. The second-order valence-corrected chi connectivity index (χ2v) is 5.79. The molecule has 1 aromatic heterocycles. The van der Waals surface area contributed by atoms with Crippen molar-refractivity contribution >= 4 is 5.82 Å². The summed E-state index contributed by atoms with van der Waals surface area (Å²) in [6, 6.07) is 18.1. The van der Waals surface area contributed by atoms with E-state index in [1.54, 1.807) is 0 Å². The van der Waals surface area contributed by atoms with Crippen LogP contribution in [0.5, 0.6) is 0 Å². The third-order valence-electron chi connectivity index (χ3n) is 4.22. The molecule has 0 atom stereocenters. The molecule has 2 aromatic carbocycles. The lowest BCUT2D eigenvalue weighted by atomic mass is 10.1. The maximum Gasteiger partial charge on any atom is 0.133 e. The van der Waals surface area contributed by atoms with E-state index in [4.69, 9.17) is 10.4 Å². The van der Waals surface area contributed by atoms with Crippen LogP contribution in [0.1, 0.15) is 16.7 Å². The van der Waals surface area contributed by atoms with E-state index in [1.807, 2.05) is 28.9 Å². The summed E-state index contributed by atoms with van der Waals surface area (Å²) in [6.45, 7) is 3.02. The monoisotopic (exact) mass is 300 g/mol. The van der Waals surface area contributed by atoms with Gasteiger partial charge in [-0.2, -0.15) is 10.4 Å². The fourth-order valence-electron chi connectivity index (χ4n) is 2.98. The predicted octanol–water partition coefficient (Wildman–Crippen LogP) is 3.69. The van der Waals surface area contributed by atoms with Crippen LogP contribution in [0.2, 0.25) is 0 Å². The van der Waals surface area contributed by atoms with Crippen molar-refractivity contribution in [3.63, 3.8) is 0 Å². The van der Waals surface area contributed by atoms with Gasteiger partial charge in [-0.1, -0.05) is 29.8 Å². The lowest BCUT2D eigenvalue weighted by Crippen LogP contribution is -2.04. The number of fused-ring (bicyclic) bond motifs is 1. The van der Waals surface area contributed by atoms with Crippen LogP contribution in [-0.2, 0) is 6.42 Å². The summed E-state index contributed by atoms with van der Waals surface area (Å²) in [5.41, 5.74) is 6.31. The van der Waals surface area contributed by atoms with Gasteiger partial charge in [0.05, 0.1) is 23.0 Å². The van der Waals surface area contributed by atoms with Crippen LogP contribution in [0.3, 0.4) is 0 Å². The lowest BCUT2D eigenvalue weighted by molar-refractivity contribution is 0.882. The molecule has 1 N–H and O–H groups in total. The first-order chi connectivity index (χ1) is 11.3. The number of hydrogen-bond donors (Lipinski definition) is 1. The third-order valence-corrected chi connectivity index (χ3v) is 4.22. The van der Waals surface area contributed by atoms with E-state index < -0.39 is 0 Å². The highest BCUT2D eigenvalue weighted by Crippen LogP contribution is 2.34. The Hall–Kier alpha value is -3.06. The first-order valence-electron chi connectivity index (χ1n) is 7.69. The van der Waals surface area contributed by atoms with Gasteiger partial charge in [-0.3, -0.25) is 0 Å². The number of benzene rings is 2. The van der Waals surface area contributed by atoms with E-state index in [9.17, 15) is 0 Å². The van der Waals surface area contributed by atoms with Gasteiger partial charge >= 0.3 is 0 Å². The molecule has 4 nitrogen and oxygen atoms in total. The second-order valence-electron chi connectivity index (χ2n) is 5.79. The minimum Gasteiger partial charge on any atom is -0.369 e. The molecule has 4 rings (SSSR count). The van der Waals surface area contributed by atoms with Gasteiger partial charge in [-0.15, -0.1) is 0 Å². The highest BCUT2D eigenvalue weighted by atomic mass is 15.3. The molecule has 23 heavy (non-hydrogen) atoms. The number of anilines is 1. The Kier molecular flexibility index (Phi) is 3.13. The average Bonchev–Trinajstić information content (AvgIpc) is 3.18. The Morgan fingerprint density at radius 1 is 1.09 bits per heavy atom. The minimum atomic E-state index is 0.657. The molecule has 0 amide bonds. The topological polar surface area (TPSA) is 53.6 Å². The highest BCUT2D eigenvalue weighted by Gasteiger charge is 2.23. The molecule has 0 saturated carbocycles. The molecule has 0 aliphatic carbocycles. The highest BCUT2D eigenvalue weighted by molar-refractivity contribution is 5.73. The molecular formula is C19H16N4. The van der Waals surface area contributed by atoms with Crippen LogP contribution in [0.15, 0.2) is 48.5 Å². The number of nitrogens with zero attached hydrogens (tertiary/aromatic N) is 3. The molecule has 2 heterocycles. The van der Waals surface area contributed by atoms with E-state index in [0.29, 0.717) is 5.56 Å². The van der Waals surface area contributed by atoms with Crippen LogP contribution in [0, 0.1) is 18.3 Å².